The van der Waals surface area contributed by atoms with Crippen LogP contribution in [0, 0.1) is 0 Å². The molecule has 1 N–H and O–H groups in total. The lowest BCUT2D eigenvalue weighted by atomic mass is 10.1. The van der Waals surface area contributed by atoms with Gasteiger partial charge in [0.15, 0.2) is 12.1 Å². The van der Waals surface area contributed by atoms with E-state index in [9.17, 15) is 19.5 Å². The molecule has 0 fully saturated rings. The van der Waals surface area contributed by atoms with Crippen LogP contribution >= 0.6 is 0 Å². The summed E-state index contributed by atoms with van der Waals surface area (Å²) in [5.41, 5.74) is 0. The number of carbonyl (C=O) groups is 3. The van der Waals surface area contributed by atoms with Gasteiger partial charge in [0, 0.05) is 19.3 Å². The lowest BCUT2D eigenvalue weighted by Gasteiger charge is -2.31. The first-order valence-corrected chi connectivity index (χ1v) is 19.8. The molecule has 0 bridgehead atoms. The van der Waals surface area contributed by atoms with Crippen LogP contribution < -0.4 is 0 Å². The first-order chi connectivity index (χ1) is 24.6. The van der Waals surface area contributed by atoms with Gasteiger partial charge < -0.3 is 23.8 Å². The van der Waals surface area contributed by atoms with Crippen molar-refractivity contribution in [2.75, 3.05) is 41.0 Å². The summed E-state index contributed by atoms with van der Waals surface area (Å²) >= 11 is 0. The molecule has 0 aliphatic heterocycles. The number of quaternary nitrogens is 1. The van der Waals surface area contributed by atoms with Crippen LogP contribution in [-0.2, 0) is 28.6 Å². The summed E-state index contributed by atoms with van der Waals surface area (Å²) in [6.45, 7) is 4.50. The van der Waals surface area contributed by atoms with Crippen LogP contribution in [0.25, 0.3) is 0 Å². The number of carbonyl (C=O) groups excluding carboxylic acids is 2. The Bertz CT molecular complexity index is 1020. The number of carboxylic acid groups (broad SMARTS) is 1. The predicted molar refractivity (Wildman–Crippen MR) is 211 cm³/mol. The number of unbranched alkanes of at least 4 members (excludes halogenated alkanes) is 10. The molecule has 0 saturated heterocycles. The molecule has 0 aromatic heterocycles. The Balaban J connectivity index is 4.46. The standard InChI is InChI=1S/C43H73NO7/c1-6-8-10-12-14-16-18-19-20-21-22-23-24-26-28-30-32-34-42(46)51-39(37-49-36-35-40(43(47)48)44(3,4)5)38-50-41(45)33-31-29-27-25-17-15-13-11-9-7-2/h8,10-11,13-14,16,19-20,22-23,39-40H,6-7,9,12,15,17-18,21,24-38H2,1-5H3/p+1/b10-8-,13-11-,16-14-,20-19-,23-22-. The summed E-state index contributed by atoms with van der Waals surface area (Å²) in [6.07, 6.45) is 39.8. The second kappa shape index (κ2) is 34.1. The number of ether oxygens (including phenoxy) is 3. The van der Waals surface area contributed by atoms with Gasteiger partial charge in [-0.05, 0) is 70.6 Å². The Morgan fingerprint density at radius 2 is 1.10 bits per heavy atom. The summed E-state index contributed by atoms with van der Waals surface area (Å²) in [6, 6.07) is -0.621. The van der Waals surface area contributed by atoms with Gasteiger partial charge in [-0.25, -0.2) is 4.79 Å². The third kappa shape index (κ3) is 32.7. The van der Waals surface area contributed by atoms with Gasteiger partial charge in [-0.1, -0.05) is 113 Å². The average molecular weight is 717 g/mol. The minimum absolute atomic E-state index is 0.0457. The summed E-state index contributed by atoms with van der Waals surface area (Å²) in [7, 11) is 5.50. The van der Waals surface area contributed by atoms with Gasteiger partial charge in [-0.15, -0.1) is 0 Å². The van der Waals surface area contributed by atoms with Crippen molar-refractivity contribution in [2.24, 2.45) is 0 Å². The maximum atomic E-state index is 12.7. The van der Waals surface area contributed by atoms with Crippen LogP contribution in [0.1, 0.15) is 142 Å². The second-order valence-electron chi connectivity index (χ2n) is 14.1. The lowest BCUT2D eigenvalue weighted by Crippen LogP contribution is -2.50. The van der Waals surface area contributed by atoms with Crippen LogP contribution in [0.5, 0.6) is 0 Å². The number of likely N-dealkylation sites (N-methyl/N-ethyl adjacent to an activating group) is 1. The van der Waals surface area contributed by atoms with Crippen LogP contribution in [0.15, 0.2) is 60.8 Å². The van der Waals surface area contributed by atoms with Gasteiger partial charge in [0.2, 0.25) is 0 Å². The fourth-order valence-corrected chi connectivity index (χ4v) is 5.32. The topological polar surface area (TPSA) is 99.1 Å². The number of aliphatic carboxylic acids is 1. The quantitative estimate of drug-likeness (QED) is 0.0306. The highest BCUT2D eigenvalue weighted by Gasteiger charge is 2.31. The first-order valence-electron chi connectivity index (χ1n) is 19.8. The molecule has 0 spiro atoms. The normalized spacial score (nSPS) is 13.7. The Morgan fingerprint density at radius 3 is 1.65 bits per heavy atom. The lowest BCUT2D eigenvalue weighted by molar-refractivity contribution is -0.887. The van der Waals surface area contributed by atoms with Crippen LogP contribution in [0.4, 0.5) is 0 Å². The van der Waals surface area contributed by atoms with Crippen molar-refractivity contribution in [2.45, 2.75) is 154 Å². The summed E-state index contributed by atoms with van der Waals surface area (Å²) in [5.74, 6) is -1.52. The molecular weight excluding hydrogens is 642 g/mol. The molecule has 292 valence electrons. The maximum Gasteiger partial charge on any atom is 0.362 e. The van der Waals surface area contributed by atoms with Gasteiger partial charge in [-0.2, -0.15) is 0 Å². The maximum absolute atomic E-state index is 12.7. The number of allylic oxidation sites excluding steroid dienone is 10. The first kappa shape index (κ1) is 48.0. The fraction of sp³-hybridized carbons (Fsp3) is 0.698. The zero-order valence-corrected chi connectivity index (χ0v) is 33.0. The number of nitrogens with zero attached hydrogens (tertiary/aromatic N) is 1. The average Bonchev–Trinajstić information content (AvgIpc) is 3.08. The van der Waals surface area contributed by atoms with Crippen LogP contribution in [-0.4, -0.2) is 80.6 Å². The van der Waals surface area contributed by atoms with E-state index in [4.69, 9.17) is 14.2 Å². The van der Waals surface area contributed by atoms with Gasteiger partial charge >= 0.3 is 17.9 Å². The van der Waals surface area contributed by atoms with Crippen molar-refractivity contribution in [1.29, 1.82) is 0 Å². The zero-order chi connectivity index (χ0) is 37.8. The monoisotopic (exact) mass is 717 g/mol. The van der Waals surface area contributed by atoms with Crippen molar-refractivity contribution in [3.05, 3.63) is 60.8 Å². The Hall–Kier alpha value is -2.97. The minimum Gasteiger partial charge on any atom is -0.477 e. The van der Waals surface area contributed by atoms with E-state index in [2.05, 4.69) is 74.6 Å². The van der Waals surface area contributed by atoms with Crippen molar-refractivity contribution >= 4 is 17.9 Å². The number of hydrogen-bond donors (Lipinski definition) is 1. The number of carboxylic acids is 1. The molecule has 0 aromatic rings. The summed E-state index contributed by atoms with van der Waals surface area (Å²) in [5, 5.41) is 9.59. The van der Waals surface area contributed by atoms with E-state index in [0.29, 0.717) is 19.3 Å². The molecule has 0 aliphatic carbocycles. The Kier molecular flexibility index (Phi) is 32.1. The third-order valence-electron chi connectivity index (χ3n) is 8.38. The smallest absolute Gasteiger partial charge is 0.362 e. The van der Waals surface area contributed by atoms with Crippen molar-refractivity contribution in [1.82, 2.24) is 0 Å². The molecule has 0 amide bonds. The molecule has 0 rings (SSSR count). The number of esters is 2. The van der Waals surface area contributed by atoms with E-state index in [1.807, 2.05) is 21.1 Å². The Morgan fingerprint density at radius 1 is 0.608 bits per heavy atom. The molecular formula is C43H74NO7+. The molecule has 51 heavy (non-hydrogen) atoms. The molecule has 0 aliphatic rings. The number of hydrogen-bond acceptors (Lipinski definition) is 6. The molecule has 0 saturated carbocycles. The Labute approximate surface area is 311 Å². The van der Waals surface area contributed by atoms with E-state index in [1.54, 1.807) is 0 Å². The molecule has 8 heteroatoms. The zero-order valence-electron chi connectivity index (χ0n) is 33.0. The molecule has 0 heterocycles. The predicted octanol–water partition coefficient (Wildman–Crippen LogP) is 10.2. The minimum atomic E-state index is -0.884. The largest absolute Gasteiger partial charge is 0.477 e. The molecule has 0 radical (unpaired) electrons. The van der Waals surface area contributed by atoms with E-state index in [-0.39, 0.29) is 36.2 Å². The highest BCUT2D eigenvalue weighted by Crippen LogP contribution is 2.12. The summed E-state index contributed by atoms with van der Waals surface area (Å²) in [4.78, 5) is 36.8. The van der Waals surface area contributed by atoms with Crippen LogP contribution in [0.2, 0.25) is 0 Å². The van der Waals surface area contributed by atoms with E-state index in [1.165, 1.54) is 12.8 Å². The molecule has 0 aromatic carbocycles. The highest BCUT2D eigenvalue weighted by molar-refractivity contribution is 5.72. The third-order valence-corrected chi connectivity index (χ3v) is 8.38. The van der Waals surface area contributed by atoms with Gasteiger partial charge in [0.05, 0.1) is 34.4 Å². The van der Waals surface area contributed by atoms with E-state index < -0.39 is 18.1 Å². The fourth-order valence-electron chi connectivity index (χ4n) is 5.32. The van der Waals surface area contributed by atoms with Crippen LogP contribution in [0.3, 0.4) is 0 Å². The molecule has 2 unspecified atom stereocenters. The number of rotatable bonds is 34. The van der Waals surface area contributed by atoms with E-state index >= 15 is 0 Å². The summed E-state index contributed by atoms with van der Waals surface area (Å²) < 4.78 is 17.2. The van der Waals surface area contributed by atoms with Gasteiger partial charge in [0.1, 0.15) is 6.61 Å². The van der Waals surface area contributed by atoms with Crippen molar-refractivity contribution < 1.29 is 38.2 Å². The van der Waals surface area contributed by atoms with Gasteiger partial charge in [0.25, 0.3) is 0 Å². The van der Waals surface area contributed by atoms with Gasteiger partial charge in [-0.3, -0.25) is 9.59 Å². The van der Waals surface area contributed by atoms with Crippen molar-refractivity contribution in [3.8, 4) is 0 Å². The van der Waals surface area contributed by atoms with Crippen molar-refractivity contribution in [3.63, 3.8) is 0 Å². The molecule has 8 nitrogen and oxygen atoms in total. The van der Waals surface area contributed by atoms with E-state index in [0.717, 1.165) is 96.3 Å². The highest BCUT2D eigenvalue weighted by atomic mass is 16.6. The molecule has 2 atom stereocenters. The SMILES string of the molecule is CC/C=C\C/C=C\C/C=C\C/C=C\CCCCCCC(=O)OC(COCCC(C(=O)O)[N+](C)(C)C)COC(=O)CCCCCCC/C=C\CCC. The second-order valence-corrected chi connectivity index (χ2v) is 14.1.